The smallest absolute Gasteiger partial charge is 0.255 e. The van der Waals surface area contributed by atoms with Crippen LogP contribution in [-0.2, 0) is 6.54 Å². The van der Waals surface area contributed by atoms with E-state index in [-0.39, 0.29) is 5.91 Å². The topological polar surface area (TPSA) is 63.2 Å². The fourth-order valence-electron chi connectivity index (χ4n) is 2.23. The second-order valence-electron chi connectivity index (χ2n) is 5.20. The molecule has 1 aromatic heterocycles. The summed E-state index contributed by atoms with van der Waals surface area (Å²) in [5.74, 6) is 0.508. The van der Waals surface area contributed by atoms with Crippen molar-refractivity contribution in [2.75, 3.05) is 17.7 Å². The van der Waals surface area contributed by atoms with Gasteiger partial charge in [0, 0.05) is 34.1 Å². The number of aromatic nitrogens is 1. The average molecular weight is 374 g/mol. The fourth-order valence-corrected chi connectivity index (χ4v) is 3.15. The molecule has 0 aliphatic rings. The van der Waals surface area contributed by atoms with Gasteiger partial charge in [-0.3, -0.25) is 4.79 Å². The molecule has 5 nitrogen and oxygen atoms in total. The summed E-state index contributed by atoms with van der Waals surface area (Å²) in [6.45, 7) is 0.603. The number of carbonyl (C=O) groups is 1. The SMILES string of the molecule is COc1cccc(NC(=O)c2cccc(NCc3cnc(Cl)s3)c2)c1. The minimum Gasteiger partial charge on any atom is -0.497 e. The van der Waals surface area contributed by atoms with Crippen LogP contribution in [0.1, 0.15) is 15.2 Å². The summed E-state index contributed by atoms with van der Waals surface area (Å²) < 4.78 is 5.68. The molecule has 0 fully saturated rings. The number of hydrogen-bond acceptors (Lipinski definition) is 5. The Bertz CT molecular complexity index is 882. The van der Waals surface area contributed by atoms with Gasteiger partial charge in [-0.2, -0.15) is 0 Å². The fraction of sp³-hybridized carbons (Fsp3) is 0.111. The van der Waals surface area contributed by atoms with Crippen molar-refractivity contribution < 1.29 is 9.53 Å². The number of thiazole rings is 1. The Hall–Kier alpha value is -2.57. The molecule has 0 bridgehead atoms. The molecule has 0 radical (unpaired) electrons. The molecule has 3 aromatic rings. The number of ether oxygens (including phenoxy) is 1. The highest BCUT2D eigenvalue weighted by molar-refractivity contribution is 7.15. The second-order valence-corrected chi connectivity index (χ2v) is 6.90. The van der Waals surface area contributed by atoms with Crippen LogP contribution < -0.4 is 15.4 Å². The Morgan fingerprint density at radius 2 is 2.00 bits per heavy atom. The molecular weight excluding hydrogens is 358 g/mol. The summed E-state index contributed by atoms with van der Waals surface area (Å²) >= 11 is 7.25. The maximum Gasteiger partial charge on any atom is 0.255 e. The van der Waals surface area contributed by atoms with E-state index in [4.69, 9.17) is 16.3 Å². The molecule has 128 valence electrons. The first-order valence-corrected chi connectivity index (χ1v) is 8.73. The molecule has 0 saturated heterocycles. The molecule has 2 aromatic carbocycles. The summed E-state index contributed by atoms with van der Waals surface area (Å²) in [5.41, 5.74) is 2.10. The van der Waals surface area contributed by atoms with E-state index in [2.05, 4.69) is 15.6 Å². The van der Waals surface area contributed by atoms with E-state index in [1.165, 1.54) is 11.3 Å². The number of hydrogen-bond donors (Lipinski definition) is 2. The molecule has 0 aliphatic heterocycles. The van der Waals surface area contributed by atoms with Crippen molar-refractivity contribution in [2.45, 2.75) is 6.54 Å². The molecule has 0 unspecified atom stereocenters. The number of carbonyl (C=O) groups excluding carboxylic acids is 1. The minimum atomic E-state index is -0.183. The van der Waals surface area contributed by atoms with Crippen molar-refractivity contribution >= 4 is 40.2 Å². The van der Waals surface area contributed by atoms with E-state index in [1.54, 1.807) is 31.5 Å². The molecule has 7 heteroatoms. The lowest BCUT2D eigenvalue weighted by Gasteiger charge is -2.09. The number of nitrogens with zero attached hydrogens (tertiary/aromatic N) is 1. The van der Waals surface area contributed by atoms with Crippen LogP contribution in [-0.4, -0.2) is 18.0 Å². The number of rotatable bonds is 6. The lowest BCUT2D eigenvalue weighted by molar-refractivity contribution is 0.102. The molecule has 25 heavy (non-hydrogen) atoms. The predicted molar refractivity (Wildman–Crippen MR) is 102 cm³/mol. The zero-order valence-corrected chi connectivity index (χ0v) is 15.0. The summed E-state index contributed by atoms with van der Waals surface area (Å²) in [7, 11) is 1.59. The molecule has 0 aliphatic carbocycles. The summed E-state index contributed by atoms with van der Waals surface area (Å²) in [6.07, 6.45) is 1.74. The van der Waals surface area contributed by atoms with Crippen molar-refractivity contribution in [2.24, 2.45) is 0 Å². The van der Waals surface area contributed by atoms with Gasteiger partial charge in [0.05, 0.1) is 13.7 Å². The van der Waals surface area contributed by atoms with Crippen molar-refractivity contribution in [1.29, 1.82) is 0 Å². The van der Waals surface area contributed by atoms with E-state index in [0.29, 0.717) is 28.0 Å². The molecule has 1 amide bonds. The van der Waals surface area contributed by atoms with Crippen molar-refractivity contribution in [3.63, 3.8) is 0 Å². The van der Waals surface area contributed by atoms with E-state index in [1.807, 2.05) is 30.3 Å². The third-order valence-electron chi connectivity index (χ3n) is 3.44. The van der Waals surface area contributed by atoms with Crippen LogP contribution in [0.2, 0.25) is 4.47 Å². The van der Waals surface area contributed by atoms with E-state index in [0.717, 1.165) is 10.6 Å². The summed E-state index contributed by atoms with van der Waals surface area (Å²) in [4.78, 5) is 17.5. The van der Waals surface area contributed by atoms with Gasteiger partial charge in [-0.15, -0.1) is 11.3 Å². The van der Waals surface area contributed by atoms with Gasteiger partial charge < -0.3 is 15.4 Å². The molecule has 2 N–H and O–H groups in total. The predicted octanol–water partition coefficient (Wildman–Crippen LogP) is 4.67. The van der Waals surface area contributed by atoms with Crippen LogP contribution >= 0.6 is 22.9 Å². The molecule has 0 saturated carbocycles. The number of benzene rings is 2. The van der Waals surface area contributed by atoms with Crippen LogP contribution in [0.4, 0.5) is 11.4 Å². The van der Waals surface area contributed by atoms with E-state index >= 15 is 0 Å². The molecule has 1 heterocycles. The lowest BCUT2D eigenvalue weighted by Crippen LogP contribution is -2.12. The van der Waals surface area contributed by atoms with Gasteiger partial charge >= 0.3 is 0 Å². The largest absolute Gasteiger partial charge is 0.497 e. The van der Waals surface area contributed by atoms with E-state index < -0.39 is 0 Å². The first-order chi connectivity index (χ1) is 12.1. The first-order valence-electron chi connectivity index (χ1n) is 7.53. The van der Waals surface area contributed by atoms with Gasteiger partial charge in [-0.1, -0.05) is 23.7 Å². The van der Waals surface area contributed by atoms with Gasteiger partial charge in [-0.05, 0) is 30.3 Å². The van der Waals surface area contributed by atoms with Gasteiger partial charge in [-0.25, -0.2) is 4.98 Å². The molecule has 0 atom stereocenters. The molecule has 0 spiro atoms. The Morgan fingerprint density at radius 3 is 2.76 bits per heavy atom. The zero-order chi connectivity index (χ0) is 17.6. The number of halogens is 1. The van der Waals surface area contributed by atoms with Crippen molar-refractivity contribution in [3.05, 3.63) is 69.6 Å². The number of amides is 1. The summed E-state index contributed by atoms with van der Waals surface area (Å²) in [5, 5.41) is 6.13. The van der Waals surface area contributed by atoms with E-state index in [9.17, 15) is 4.79 Å². The third-order valence-corrected chi connectivity index (χ3v) is 4.56. The van der Waals surface area contributed by atoms with Gasteiger partial charge in [0.2, 0.25) is 0 Å². The minimum absolute atomic E-state index is 0.183. The van der Waals surface area contributed by atoms with Gasteiger partial charge in [0.25, 0.3) is 5.91 Å². The quantitative estimate of drug-likeness (QED) is 0.659. The average Bonchev–Trinajstić information content (AvgIpc) is 3.06. The van der Waals surface area contributed by atoms with Crippen molar-refractivity contribution in [3.8, 4) is 5.75 Å². The van der Waals surface area contributed by atoms with Gasteiger partial charge in [0.1, 0.15) is 5.75 Å². The zero-order valence-electron chi connectivity index (χ0n) is 13.5. The maximum absolute atomic E-state index is 12.4. The molecule has 3 rings (SSSR count). The Kier molecular flexibility index (Phi) is 5.53. The second kappa shape index (κ2) is 8.00. The van der Waals surface area contributed by atoms with Gasteiger partial charge in [0.15, 0.2) is 4.47 Å². The highest BCUT2D eigenvalue weighted by Crippen LogP contribution is 2.21. The highest BCUT2D eigenvalue weighted by atomic mass is 35.5. The standard InChI is InChI=1S/C18H16ClN3O2S/c1-24-15-7-3-6-14(9-15)22-17(23)12-4-2-5-13(8-12)20-10-16-11-21-18(19)25-16/h2-9,11,20H,10H2,1H3,(H,22,23). The number of nitrogens with one attached hydrogen (secondary N) is 2. The first kappa shape index (κ1) is 17.3. The Balaban J connectivity index is 1.66. The maximum atomic E-state index is 12.4. The summed E-state index contributed by atoms with van der Waals surface area (Å²) in [6, 6.07) is 14.6. The number of anilines is 2. The lowest BCUT2D eigenvalue weighted by atomic mass is 10.1. The monoisotopic (exact) mass is 373 g/mol. The van der Waals surface area contributed by atoms with Crippen LogP contribution in [0, 0.1) is 0 Å². The normalized spacial score (nSPS) is 10.3. The van der Waals surface area contributed by atoms with Crippen LogP contribution in [0.3, 0.4) is 0 Å². The molecular formula is C18H16ClN3O2S. The van der Waals surface area contributed by atoms with Crippen molar-refractivity contribution in [1.82, 2.24) is 4.98 Å². The Labute approximate surface area is 154 Å². The van der Waals surface area contributed by atoms with Crippen LogP contribution in [0.25, 0.3) is 0 Å². The highest BCUT2D eigenvalue weighted by Gasteiger charge is 2.08. The number of methoxy groups -OCH3 is 1. The van der Waals surface area contributed by atoms with Crippen LogP contribution in [0.5, 0.6) is 5.75 Å². The third kappa shape index (κ3) is 4.71. The Morgan fingerprint density at radius 1 is 1.20 bits per heavy atom. The van der Waals surface area contributed by atoms with Crippen LogP contribution in [0.15, 0.2) is 54.7 Å².